The first kappa shape index (κ1) is 8.07. The lowest BCUT2D eigenvalue weighted by atomic mass is 10.4. The van der Waals surface area contributed by atoms with Crippen molar-refractivity contribution in [2.75, 3.05) is 0 Å². The molecule has 0 aliphatic heterocycles. The fourth-order valence-electron chi connectivity index (χ4n) is 0.619. The third-order valence-electron chi connectivity index (χ3n) is 1.03. The van der Waals surface area contributed by atoms with Crippen LogP contribution in [0.25, 0.3) is 0 Å². The Bertz CT molecular complexity index is 260. The van der Waals surface area contributed by atoms with Crippen LogP contribution in [-0.4, -0.2) is 5.24 Å². The number of primary amides is 1. The Labute approximate surface area is 67.6 Å². The Morgan fingerprint density at radius 1 is 1.36 bits per heavy atom. The topological polar surface area (TPSA) is 43.1 Å². The Balaban J connectivity index is 2.74. The third kappa shape index (κ3) is 2.59. The lowest BCUT2D eigenvalue weighted by Gasteiger charge is -1.94. The van der Waals surface area contributed by atoms with Crippen molar-refractivity contribution >= 4 is 17.0 Å². The summed E-state index contributed by atoms with van der Waals surface area (Å²) in [6.07, 6.45) is 0. The number of halogens is 1. The number of hydrogen-bond donors (Lipinski definition) is 1. The van der Waals surface area contributed by atoms with Crippen LogP contribution in [0.3, 0.4) is 0 Å². The smallest absolute Gasteiger partial charge is 0.281 e. The molecule has 58 valence electrons. The molecule has 0 bridgehead atoms. The highest BCUT2D eigenvalue weighted by Gasteiger charge is 1.97. The number of rotatable bonds is 1. The molecule has 0 aromatic heterocycles. The van der Waals surface area contributed by atoms with Crippen LogP contribution < -0.4 is 5.73 Å². The summed E-state index contributed by atoms with van der Waals surface area (Å²) in [5.41, 5.74) is 4.89. The van der Waals surface area contributed by atoms with E-state index in [4.69, 9.17) is 5.73 Å². The van der Waals surface area contributed by atoms with Gasteiger partial charge in [-0.2, -0.15) is 0 Å². The first-order valence-electron chi connectivity index (χ1n) is 2.91. The fourth-order valence-corrected chi connectivity index (χ4v) is 1.12. The summed E-state index contributed by atoms with van der Waals surface area (Å²) in [6, 6.07) is 5.58. The van der Waals surface area contributed by atoms with Gasteiger partial charge >= 0.3 is 0 Å². The van der Waals surface area contributed by atoms with Gasteiger partial charge in [-0.15, -0.1) is 0 Å². The zero-order valence-electron chi connectivity index (χ0n) is 5.58. The number of nitrogens with two attached hydrogens (primary N) is 1. The third-order valence-corrected chi connectivity index (χ3v) is 1.74. The average Bonchev–Trinajstić information content (AvgIpc) is 1.93. The van der Waals surface area contributed by atoms with Gasteiger partial charge in [0.1, 0.15) is 5.82 Å². The summed E-state index contributed by atoms with van der Waals surface area (Å²) >= 11 is 0.879. The van der Waals surface area contributed by atoms with Crippen LogP contribution in [0, 0.1) is 5.82 Å². The lowest BCUT2D eigenvalue weighted by Crippen LogP contribution is -2.01. The first-order valence-corrected chi connectivity index (χ1v) is 3.73. The van der Waals surface area contributed by atoms with Gasteiger partial charge in [-0.25, -0.2) is 4.39 Å². The second-order valence-corrected chi connectivity index (χ2v) is 2.95. The van der Waals surface area contributed by atoms with E-state index in [1.54, 1.807) is 0 Å². The minimum atomic E-state index is -0.489. The molecule has 0 heterocycles. The Morgan fingerprint density at radius 3 is 2.36 bits per heavy atom. The lowest BCUT2D eigenvalue weighted by molar-refractivity contribution is 0.267. The van der Waals surface area contributed by atoms with Gasteiger partial charge in [-0.3, -0.25) is 4.79 Å². The maximum absolute atomic E-state index is 12.3. The van der Waals surface area contributed by atoms with Crippen molar-refractivity contribution in [3.8, 4) is 0 Å². The van der Waals surface area contributed by atoms with E-state index in [0.29, 0.717) is 4.90 Å². The standard InChI is InChI=1S/C7H6FNOS/c8-5-1-3-6(4-2-5)11-7(9)10/h1-4H,(H2,9,10). The molecule has 0 saturated carbocycles. The van der Waals surface area contributed by atoms with Gasteiger partial charge in [0, 0.05) is 4.90 Å². The van der Waals surface area contributed by atoms with Gasteiger partial charge in [0.25, 0.3) is 5.24 Å². The van der Waals surface area contributed by atoms with Crippen molar-refractivity contribution < 1.29 is 9.18 Å². The van der Waals surface area contributed by atoms with Gasteiger partial charge < -0.3 is 5.73 Å². The van der Waals surface area contributed by atoms with Crippen molar-refractivity contribution in [2.45, 2.75) is 4.90 Å². The van der Waals surface area contributed by atoms with Crippen LogP contribution >= 0.6 is 11.8 Å². The second-order valence-electron chi connectivity index (χ2n) is 1.88. The molecular weight excluding hydrogens is 165 g/mol. The predicted octanol–water partition coefficient (Wildman–Crippen LogP) is 2.00. The Morgan fingerprint density at radius 2 is 1.91 bits per heavy atom. The zero-order valence-corrected chi connectivity index (χ0v) is 6.40. The van der Waals surface area contributed by atoms with E-state index in [2.05, 4.69) is 0 Å². The number of carbonyl (C=O) groups excluding carboxylic acids is 1. The number of amides is 1. The molecule has 0 unspecified atom stereocenters. The molecule has 2 N–H and O–H groups in total. The second kappa shape index (κ2) is 3.39. The van der Waals surface area contributed by atoms with Crippen molar-refractivity contribution in [1.29, 1.82) is 0 Å². The average molecular weight is 171 g/mol. The van der Waals surface area contributed by atoms with Gasteiger partial charge in [0.15, 0.2) is 0 Å². The predicted molar refractivity (Wildman–Crippen MR) is 41.8 cm³/mol. The monoisotopic (exact) mass is 171 g/mol. The van der Waals surface area contributed by atoms with E-state index in [-0.39, 0.29) is 5.82 Å². The maximum atomic E-state index is 12.3. The number of carbonyl (C=O) groups is 1. The van der Waals surface area contributed by atoms with Crippen LogP contribution in [0.1, 0.15) is 0 Å². The molecule has 0 aliphatic carbocycles. The molecule has 4 heteroatoms. The highest BCUT2D eigenvalue weighted by atomic mass is 32.2. The van der Waals surface area contributed by atoms with Gasteiger partial charge in [0.2, 0.25) is 0 Å². The van der Waals surface area contributed by atoms with E-state index in [9.17, 15) is 9.18 Å². The van der Waals surface area contributed by atoms with Crippen molar-refractivity contribution in [2.24, 2.45) is 5.73 Å². The molecule has 0 spiro atoms. The SMILES string of the molecule is NC(=O)Sc1ccc(F)cc1. The minimum absolute atomic E-state index is 0.321. The van der Waals surface area contributed by atoms with E-state index in [1.807, 2.05) is 0 Å². The summed E-state index contributed by atoms with van der Waals surface area (Å²) in [4.78, 5) is 11.0. The summed E-state index contributed by atoms with van der Waals surface area (Å²) in [5, 5.41) is -0.489. The molecule has 0 fully saturated rings. The van der Waals surface area contributed by atoms with Crippen molar-refractivity contribution in [1.82, 2.24) is 0 Å². The summed E-state index contributed by atoms with van der Waals surface area (Å²) in [5.74, 6) is -0.321. The molecule has 1 amide bonds. The Hall–Kier alpha value is -1.03. The van der Waals surface area contributed by atoms with Gasteiger partial charge in [-0.1, -0.05) is 0 Å². The quantitative estimate of drug-likeness (QED) is 0.656. The van der Waals surface area contributed by atoms with Crippen LogP contribution in [0.5, 0.6) is 0 Å². The molecule has 1 aromatic rings. The number of benzene rings is 1. The zero-order chi connectivity index (χ0) is 8.27. The molecule has 1 rings (SSSR count). The molecule has 0 radical (unpaired) electrons. The largest absolute Gasteiger partial charge is 0.360 e. The van der Waals surface area contributed by atoms with Gasteiger partial charge in [0.05, 0.1) is 0 Å². The molecular formula is C7H6FNOS. The molecule has 0 atom stereocenters. The highest BCUT2D eigenvalue weighted by molar-refractivity contribution is 8.13. The normalized spacial score (nSPS) is 9.55. The molecule has 11 heavy (non-hydrogen) atoms. The Kier molecular flexibility index (Phi) is 2.48. The number of thioether (sulfide) groups is 1. The highest BCUT2D eigenvalue weighted by Crippen LogP contribution is 2.17. The summed E-state index contributed by atoms with van der Waals surface area (Å²) in [6.45, 7) is 0. The summed E-state index contributed by atoms with van der Waals surface area (Å²) in [7, 11) is 0. The maximum Gasteiger partial charge on any atom is 0.281 e. The first-order chi connectivity index (χ1) is 5.18. The van der Waals surface area contributed by atoms with Crippen LogP contribution in [0.15, 0.2) is 29.2 Å². The summed E-state index contributed by atoms with van der Waals surface area (Å²) < 4.78 is 12.3. The van der Waals surface area contributed by atoms with Crippen molar-refractivity contribution in [3.63, 3.8) is 0 Å². The van der Waals surface area contributed by atoms with Crippen LogP contribution in [0.4, 0.5) is 9.18 Å². The molecule has 0 aliphatic rings. The van der Waals surface area contributed by atoms with Crippen LogP contribution in [-0.2, 0) is 0 Å². The van der Waals surface area contributed by atoms with E-state index < -0.39 is 5.24 Å². The van der Waals surface area contributed by atoms with Gasteiger partial charge in [-0.05, 0) is 36.0 Å². The van der Waals surface area contributed by atoms with Crippen molar-refractivity contribution in [3.05, 3.63) is 30.1 Å². The minimum Gasteiger partial charge on any atom is -0.360 e. The van der Waals surface area contributed by atoms with Crippen LogP contribution in [0.2, 0.25) is 0 Å². The molecule has 1 aromatic carbocycles. The van der Waals surface area contributed by atoms with E-state index in [0.717, 1.165) is 11.8 Å². The molecule has 2 nitrogen and oxygen atoms in total. The number of hydrogen-bond acceptors (Lipinski definition) is 2. The fraction of sp³-hybridized carbons (Fsp3) is 0. The van der Waals surface area contributed by atoms with E-state index >= 15 is 0 Å². The van der Waals surface area contributed by atoms with E-state index in [1.165, 1.54) is 24.3 Å². The molecule has 0 saturated heterocycles.